The van der Waals surface area contributed by atoms with Crippen LogP contribution >= 0.6 is 15.6 Å². The van der Waals surface area contributed by atoms with E-state index in [4.69, 9.17) is 37.0 Å². The Labute approximate surface area is 562 Å². The van der Waals surface area contributed by atoms with Crippen LogP contribution in [0.25, 0.3) is 0 Å². The van der Waals surface area contributed by atoms with Crippen molar-refractivity contribution >= 4 is 39.5 Å². The van der Waals surface area contributed by atoms with E-state index < -0.39 is 97.5 Å². The number of ether oxygens (including phenoxy) is 4. The van der Waals surface area contributed by atoms with Crippen LogP contribution in [0.1, 0.15) is 381 Å². The molecular formula is C73H142O17P2. The summed E-state index contributed by atoms with van der Waals surface area (Å²) in [6.07, 6.45) is 54.1. The molecule has 0 saturated heterocycles. The lowest BCUT2D eigenvalue weighted by atomic mass is 10.0. The number of rotatable bonds is 73. The monoisotopic (exact) mass is 1350 g/mol. The van der Waals surface area contributed by atoms with Crippen LogP contribution in [-0.4, -0.2) is 96.7 Å². The van der Waals surface area contributed by atoms with Gasteiger partial charge in [-0.3, -0.25) is 37.3 Å². The Morgan fingerprint density at radius 3 is 0.739 bits per heavy atom. The second-order valence-electron chi connectivity index (χ2n) is 26.8. The smallest absolute Gasteiger partial charge is 0.462 e. The topological polar surface area (TPSA) is 237 Å². The van der Waals surface area contributed by atoms with E-state index in [1.165, 1.54) is 199 Å². The van der Waals surface area contributed by atoms with E-state index in [9.17, 15) is 43.2 Å². The highest BCUT2D eigenvalue weighted by Crippen LogP contribution is 2.45. The van der Waals surface area contributed by atoms with Gasteiger partial charge in [0.25, 0.3) is 0 Å². The number of carbonyl (C=O) groups is 4. The van der Waals surface area contributed by atoms with Gasteiger partial charge in [0.15, 0.2) is 12.2 Å². The van der Waals surface area contributed by atoms with Crippen molar-refractivity contribution in [2.24, 2.45) is 5.92 Å². The van der Waals surface area contributed by atoms with Gasteiger partial charge in [0.05, 0.1) is 26.4 Å². The minimum absolute atomic E-state index is 0.107. The minimum atomic E-state index is -4.95. The molecule has 0 aromatic rings. The summed E-state index contributed by atoms with van der Waals surface area (Å²) in [6, 6.07) is 0. The average Bonchev–Trinajstić information content (AvgIpc) is 3.12. The van der Waals surface area contributed by atoms with Crippen LogP contribution in [0.15, 0.2) is 0 Å². The van der Waals surface area contributed by atoms with Gasteiger partial charge in [0.1, 0.15) is 19.3 Å². The fourth-order valence-electron chi connectivity index (χ4n) is 11.2. The zero-order valence-electron chi connectivity index (χ0n) is 59.7. The van der Waals surface area contributed by atoms with E-state index in [1.807, 2.05) is 0 Å². The number of aliphatic hydroxyl groups excluding tert-OH is 1. The molecule has 0 radical (unpaired) electrons. The molecule has 0 aliphatic rings. The van der Waals surface area contributed by atoms with Gasteiger partial charge in [0.2, 0.25) is 0 Å². The van der Waals surface area contributed by atoms with Crippen LogP contribution in [0.3, 0.4) is 0 Å². The highest BCUT2D eigenvalue weighted by molar-refractivity contribution is 7.47. The number of esters is 4. The molecule has 19 heteroatoms. The first-order chi connectivity index (χ1) is 44.5. The van der Waals surface area contributed by atoms with Crippen LogP contribution in [0.4, 0.5) is 0 Å². The van der Waals surface area contributed by atoms with Crippen LogP contribution in [-0.2, 0) is 65.4 Å². The van der Waals surface area contributed by atoms with E-state index in [1.54, 1.807) is 0 Å². The number of unbranched alkanes of at least 4 members (excludes halogenated alkanes) is 45. The van der Waals surface area contributed by atoms with Gasteiger partial charge in [-0.1, -0.05) is 330 Å². The summed E-state index contributed by atoms with van der Waals surface area (Å²) < 4.78 is 68.4. The third-order valence-electron chi connectivity index (χ3n) is 17.0. The number of hydrogen-bond acceptors (Lipinski definition) is 15. The maximum Gasteiger partial charge on any atom is 0.472 e. The number of phosphoric ester groups is 2. The molecule has 0 spiro atoms. The Balaban J connectivity index is 5.24. The van der Waals surface area contributed by atoms with Gasteiger partial charge in [-0.05, 0) is 31.6 Å². The van der Waals surface area contributed by atoms with E-state index >= 15 is 0 Å². The molecule has 17 nitrogen and oxygen atoms in total. The van der Waals surface area contributed by atoms with Gasteiger partial charge in [-0.2, -0.15) is 0 Å². The molecule has 3 N–H and O–H groups in total. The first-order valence-corrected chi connectivity index (χ1v) is 41.1. The summed E-state index contributed by atoms with van der Waals surface area (Å²) in [5.41, 5.74) is 0. The van der Waals surface area contributed by atoms with Crippen molar-refractivity contribution in [1.29, 1.82) is 0 Å². The van der Waals surface area contributed by atoms with Gasteiger partial charge in [-0.15, -0.1) is 0 Å². The first-order valence-electron chi connectivity index (χ1n) is 38.1. The Morgan fingerprint density at radius 1 is 0.293 bits per heavy atom. The lowest BCUT2D eigenvalue weighted by molar-refractivity contribution is -0.161. The second-order valence-corrected chi connectivity index (χ2v) is 29.7. The standard InChI is InChI=1S/C73H142O17P2/c1-6-9-12-15-18-21-24-27-29-30-33-36-39-42-49-54-59-72(77)89-68(62-83-70(75)56-51-46-40-37-34-32-28-25-22-19-16-13-10-7-2)64-87-91(79,80)85-60-67(74)61-86-92(81,82)88-65-69(63-84-71(76)57-52-47-44-43-45-50-55-66(4)5)90-73(78)58-53-48-41-38-35-31-26-23-20-17-14-11-8-3/h66-69,74H,6-65H2,1-5H3,(H,79,80)(H,81,82)/t67-,68-,69-/m1/s1. The van der Waals surface area contributed by atoms with Crippen molar-refractivity contribution < 1.29 is 80.2 Å². The van der Waals surface area contributed by atoms with Crippen LogP contribution in [0.5, 0.6) is 0 Å². The Kier molecular flexibility index (Phi) is 64.9. The fourth-order valence-corrected chi connectivity index (χ4v) is 12.8. The van der Waals surface area contributed by atoms with Crippen molar-refractivity contribution in [2.75, 3.05) is 39.6 Å². The first kappa shape index (κ1) is 90.1. The average molecular weight is 1350 g/mol. The lowest BCUT2D eigenvalue weighted by Crippen LogP contribution is -2.30. The summed E-state index contributed by atoms with van der Waals surface area (Å²) in [5.74, 6) is -1.44. The molecule has 92 heavy (non-hydrogen) atoms. The van der Waals surface area contributed by atoms with Crippen molar-refractivity contribution in [3.8, 4) is 0 Å². The quantitative estimate of drug-likeness (QED) is 0.0222. The molecule has 0 amide bonds. The van der Waals surface area contributed by atoms with E-state index in [-0.39, 0.29) is 25.7 Å². The minimum Gasteiger partial charge on any atom is -0.462 e. The molecule has 0 aromatic heterocycles. The molecule has 546 valence electrons. The van der Waals surface area contributed by atoms with Crippen molar-refractivity contribution in [1.82, 2.24) is 0 Å². The molecule has 2 unspecified atom stereocenters. The highest BCUT2D eigenvalue weighted by Gasteiger charge is 2.30. The largest absolute Gasteiger partial charge is 0.472 e. The molecule has 0 rings (SSSR count). The zero-order chi connectivity index (χ0) is 67.7. The molecule has 0 aliphatic heterocycles. The van der Waals surface area contributed by atoms with Gasteiger partial charge >= 0.3 is 39.5 Å². The zero-order valence-corrected chi connectivity index (χ0v) is 61.5. The van der Waals surface area contributed by atoms with Gasteiger partial charge in [0, 0.05) is 25.7 Å². The Hall–Kier alpha value is -1.94. The molecule has 0 aromatic carbocycles. The maximum atomic E-state index is 13.1. The summed E-state index contributed by atoms with van der Waals surface area (Å²) in [4.78, 5) is 72.7. The van der Waals surface area contributed by atoms with E-state index in [2.05, 4.69) is 34.6 Å². The number of carbonyl (C=O) groups excluding carboxylic acids is 4. The molecule has 0 heterocycles. The molecular weight excluding hydrogens is 1210 g/mol. The third-order valence-corrected chi connectivity index (χ3v) is 18.9. The van der Waals surface area contributed by atoms with Crippen LogP contribution in [0, 0.1) is 5.92 Å². The lowest BCUT2D eigenvalue weighted by Gasteiger charge is -2.21. The SMILES string of the molecule is CCCCCCCCCCCCCCCCCCC(=O)O[C@H](COC(=O)CCCCCCCCCCCCCCCC)COP(=O)(O)OC[C@@H](O)COP(=O)(O)OC[C@@H](COC(=O)CCCCCCCCC(C)C)OC(=O)CCCCCCCCCCCCCCC. The van der Waals surface area contributed by atoms with E-state index in [0.29, 0.717) is 31.6 Å². The number of aliphatic hydroxyl groups is 1. The number of phosphoric acid groups is 2. The van der Waals surface area contributed by atoms with Crippen LogP contribution < -0.4 is 0 Å². The Morgan fingerprint density at radius 2 is 0.500 bits per heavy atom. The Bertz CT molecular complexity index is 1770. The fraction of sp³-hybridized carbons (Fsp3) is 0.945. The van der Waals surface area contributed by atoms with Crippen molar-refractivity contribution in [3.63, 3.8) is 0 Å². The van der Waals surface area contributed by atoms with Gasteiger partial charge in [-0.25, -0.2) is 9.13 Å². The maximum absolute atomic E-state index is 13.1. The summed E-state index contributed by atoms with van der Waals surface area (Å²) >= 11 is 0. The summed E-state index contributed by atoms with van der Waals surface area (Å²) in [5, 5.41) is 10.6. The molecule has 0 bridgehead atoms. The highest BCUT2D eigenvalue weighted by atomic mass is 31.2. The van der Waals surface area contributed by atoms with Gasteiger partial charge < -0.3 is 33.8 Å². The predicted molar refractivity (Wildman–Crippen MR) is 372 cm³/mol. The molecule has 0 saturated carbocycles. The van der Waals surface area contributed by atoms with Crippen LogP contribution in [0.2, 0.25) is 0 Å². The second kappa shape index (κ2) is 66.3. The predicted octanol–water partition coefficient (Wildman–Crippen LogP) is 21.3. The molecule has 5 atom stereocenters. The van der Waals surface area contributed by atoms with Crippen molar-refractivity contribution in [2.45, 2.75) is 400 Å². The molecule has 0 fully saturated rings. The van der Waals surface area contributed by atoms with E-state index in [0.717, 1.165) is 96.3 Å². The number of hydrogen-bond donors (Lipinski definition) is 3. The van der Waals surface area contributed by atoms with Crippen molar-refractivity contribution in [3.05, 3.63) is 0 Å². The third kappa shape index (κ3) is 66.7. The summed E-state index contributed by atoms with van der Waals surface area (Å²) in [7, 11) is -9.90. The normalized spacial score (nSPS) is 14.0. The summed E-state index contributed by atoms with van der Waals surface area (Å²) in [6.45, 7) is 7.20. The molecule has 0 aliphatic carbocycles.